The van der Waals surface area contributed by atoms with E-state index < -0.39 is 5.41 Å². The van der Waals surface area contributed by atoms with E-state index in [2.05, 4.69) is 18.8 Å². The van der Waals surface area contributed by atoms with E-state index in [0.717, 1.165) is 22.4 Å². The van der Waals surface area contributed by atoms with Gasteiger partial charge in [-0.2, -0.15) is 0 Å². The average Bonchev–Trinajstić information content (AvgIpc) is 3.43. The number of esters is 1. The minimum atomic E-state index is -0.777. The largest absolute Gasteiger partial charge is 0.496 e. The summed E-state index contributed by atoms with van der Waals surface area (Å²) in [7, 11) is 4.67. The van der Waals surface area contributed by atoms with Crippen LogP contribution in [-0.4, -0.2) is 32.3 Å². The Balaban J connectivity index is 2.12. The summed E-state index contributed by atoms with van der Waals surface area (Å²) in [5.74, 6) is 1.24. The van der Waals surface area contributed by atoms with Crippen molar-refractivity contribution in [1.82, 2.24) is 4.98 Å². The van der Waals surface area contributed by atoms with Crippen molar-refractivity contribution in [1.29, 1.82) is 0 Å². The summed E-state index contributed by atoms with van der Waals surface area (Å²) >= 11 is 0. The highest BCUT2D eigenvalue weighted by Crippen LogP contribution is 2.64. The van der Waals surface area contributed by atoms with Gasteiger partial charge in [-0.1, -0.05) is 37.6 Å². The number of carbonyl (C=O) groups is 1. The molecule has 0 amide bonds. The molecule has 1 aromatic heterocycles. The van der Waals surface area contributed by atoms with E-state index >= 15 is 0 Å². The molecule has 0 bridgehead atoms. The molecule has 2 unspecified atom stereocenters. The number of aryl methyl sites for hydroxylation is 1. The Morgan fingerprint density at radius 1 is 1.15 bits per heavy atom. The molecule has 0 spiro atoms. The van der Waals surface area contributed by atoms with Gasteiger partial charge < -0.3 is 14.2 Å². The fourth-order valence-electron chi connectivity index (χ4n) is 3.84. The van der Waals surface area contributed by atoms with Crippen molar-refractivity contribution in [3.05, 3.63) is 52.7 Å². The van der Waals surface area contributed by atoms with E-state index in [9.17, 15) is 4.79 Å². The number of methoxy groups -OCH3 is 3. The highest BCUT2D eigenvalue weighted by Gasteiger charge is 2.64. The predicted octanol–water partition coefficient (Wildman–Crippen LogP) is 4.13. The Kier molecular flexibility index (Phi) is 5.13. The van der Waals surface area contributed by atoms with Crippen molar-refractivity contribution < 1.29 is 19.0 Å². The second-order valence-electron chi connectivity index (χ2n) is 7.41. The third kappa shape index (κ3) is 3.15. The molecule has 2 atom stereocenters. The summed E-state index contributed by atoms with van der Waals surface area (Å²) < 4.78 is 16.3. The maximum atomic E-state index is 12.9. The van der Waals surface area contributed by atoms with Crippen LogP contribution in [0.2, 0.25) is 0 Å². The van der Waals surface area contributed by atoms with Gasteiger partial charge in [-0.25, -0.2) is 4.98 Å². The first-order valence-electron chi connectivity index (χ1n) is 9.17. The van der Waals surface area contributed by atoms with Gasteiger partial charge in [-0.3, -0.25) is 4.79 Å². The molecule has 1 aromatic carbocycles. The molecule has 1 saturated carbocycles. The summed E-state index contributed by atoms with van der Waals surface area (Å²) in [5, 5.41) is 0. The molecule has 0 saturated heterocycles. The first-order chi connectivity index (χ1) is 12.9. The SMILES string of the molecule is COC(=O)C1(c2cc(C)ccc2OC)CC1c1ccc(C(C)C)nc1OC. The van der Waals surface area contributed by atoms with Crippen LogP contribution in [0.25, 0.3) is 0 Å². The Morgan fingerprint density at radius 3 is 2.48 bits per heavy atom. The normalized spacial score (nSPS) is 21.1. The van der Waals surface area contributed by atoms with Crippen molar-refractivity contribution in [2.24, 2.45) is 0 Å². The second-order valence-corrected chi connectivity index (χ2v) is 7.41. The molecular weight excluding hydrogens is 342 g/mol. The van der Waals surface area contributed by atoms with Gasteiger partial charge in [0.2, 0.25) is 5.88 Å². The number of ether oxygens (including phenoxy) is 3. The Hall–Kier alpha value is -2.56. The summed E-state index contributed by atoms with van der Waals surface area (Å²) in [5.41, 5.74) is 3.04. The number of carbonyl (C=O) groups excluding carboxylic acids is 1. The van der Waals surface area contributed by atoms with Crippen LogP contribution < -0.4 is 9.47 Å². The molecule has 0 N–H and O–H groups in total. The zero-order valence-corrected chi connectivity index (χ0v) is 16.8. The lowest BCUT2D eigenvalue weighted by Crippen LogP contribution is -2.25. The van der Waals surface area contributed by atoms with Gasteiger partial charge in [0.1, 0.15) is 11.2 Å². The van der Waals surface area contributed by atoms with Crippen LogP contribution in [0, 0.1) is 6.92 Å². The third-order valence-electron chi connectivity index (χ3n) is 5.42. The van der Waals surface area contributed by atoms with Crippen LogP contribution in [0.5, 0.6) is 11.6 Å². The molecule has 0 aliphatic heterocycles. The molecule has 1 fully saturated rings. The number of pyridine rings is 1. The van der Waals surface area contributed by atoms with E-state index in [4.69, 9.17) is 14.2 Å². The number of rotatable bonds is 6. The first kappa shape index (κ1) is 19.2. The zero-order valence-electron chi connectivity index (χ0n) is 16.8. The monoisotopic (exact) mass is 369 g/mol. The van der Waals surface area contributed by atoms with Crippen molar-refractivity contribution in [2.75, 3.05) is 21.3 Å². The molecule has 2 aromatic rings. The van der Waals surface area contributed by atoms with E-state index in [1.54, 1.807) is 14.2 Å². The smallest absolute Gasteiger partial charge is 0.317 e. The van der Waals surface area contributed by atoms with Gasteiger partial charge in [0, 0.05) is 22.7 Å². The van der Waals surface area contributed by atoms with Gasteiger partial charge in [0.05, 0.1) is 21.3 Å². The molecule has 1 heterocycles. The first-order valence-corrected chi connectivity index (χ1v) is 9.17. The Labute approximate surface area is 160 Å². The van der Waals surface area contributed by atoms with Gasteiger partial charge >= 0.3 is 5.97 Å². The molecule has 1 aliphatic carbocycles. The molecule has 5 nitrogen and oxygen atoms in total. The summed E-state index contributed by atoms with van der Waals surface area (Å²) in [6.07, 6.45) is 0.637. The molecule has 27 heavy (non-hydrogen) atoms. The van der Waals surface area contributed by atoms with Crippen LogP contribution in [-0.2, 0) is 14.9 Å². The topological polar surface area (TPSA) is 57.7 Å². The van der Waals surface area contributed by atoms with Crippen LogP contribution in [0.15, 0.2) is 30.3 Å². The van der Waals surface area contributed by atoms with Gasteiger partial charge in [-0.05, 0) is 31.4 Å². The van der Waals surface area contributed by atoms with Gasteiger partial charge in [-0.15, -0.1) is 0 Å². The molecule has 144 valence electrons. The lowest BCUT2D eigenvalue weighted by molar-refractivity contribution is -0.143. The number of nitrogens with zero attached hydrogens (tertiary/aromatic N) is 1. The lowest BCUT2D eigenvalue weighted by atomic mass is 9.89. The second kappa shape index (κ2) is 7.22. The molecule has 3 rings (SSSR count). The Bertz CT molecular complexity index is 861. The molecule has 1 aliphatic rings. The van der Waals surface area contributed by atoms with E-state index in [1.807, 2.05) is 37.3 Å². The van der Waals surface area contributed by atoms with Crippen molar-refractivity contribution in [3.8, 4) is 11.6 Å². The zero-order chi connectivity index (χ0) is 19.8. The third-order valence-corrected chi connectivity index (χ3v) is 5.42. The number of hydrogen-bond donors (Lipinski definition) is 0. The van der Waals surface area contributed by atoms with Crippen molar-refractivity contribution in [3.63, 3.8) is 0 Å². The fourth-order valence-corrected chi connectivity index (χ4v) is 3.84. The van der Waals surface area contributed by atoms with E-state index in [0.29, 0.717) is 24.0 Å². The quantitative estimate of drug-likeness (QED) is 0.717. The predicted molar refractivity (Wildman–Crippen MR) is 104 cm³/mol. The summed E-state index contributed by atoms with van der Waals surface area (Å²) in [6.45, 7) is 6.19. The summed E-state index contributed by atoms with van der Waals surface area (Å²) in [4.78, 5) is 17.5. The number of benzene rings is 1. The van der Waals surface area contributed by atoms with E-state index in [-0.39, 0.29) is 11.9 Å². The fraction of sp³-hybridized carbons (Fsp3) is 0.455. The van der Waals surface area contributed by atoms with Crippen LogP contribution in [0.4, 0.5) is 0 Å². The van der Waals surface area contributed by atoms with Crippen LogP contribution in [0.1, 0.15) is 54.5 Å². The number of hydrogen-bond acceptors (Lipinski definition) is 5. The average molecular weight is 369 g/mol. The number of aromatic nitrogens is 1. The Morgan fingerprint density at radius 2 is 1.89 bits per heavy atom. The highest BCUT2D eigenvalue weighted by atomic mass is 16.5. The minimum absolute atomic E-state index is 0.0655. The summed E-state index contributed by atoms with van der Waals surface area (Å²) in [6, 6.07) is 9.93. The molecular formula is C22H27NO4. The molecule has 0 radical (unpaired) electrons. The van der Waals surface area contributed by atoms with Crippen LogP contribution in [0.3, 0.4) is 0 Å². The standard InChI is InChI=1S/C22H27NO4/c1-13(2)18-9-8-15(20(23-18)26-5)17-12-22(17,21(24)27-6)16-11-14(3)7-10-19(16)25-4/h7-11,13,17H,12H2,1-6H3. The van der Waals surface area contributed by atoms with E-state index in [1.165, 1.54) is 7.11 Å². The van der Waals surface area contributed by atoms with Gasteiger partial charge in [0.15, 0.2) is 0 Å². The van der Waals surface area contributed by atoms with Crippen molar-refractivity contribution in [2.45, 2.75) is 44.4 Å². The highest BCUT2D eigenvalue weighted by molar-refractivity contribution is 5.90. The lowest BCUT2D eigenvalue weighted by Gasteiger charge is -2.20. The van der Waals surface area contributed by atoms with Gasteiger partial charge in [0.25, 0.3) is 0 Å². The van der Waals surface area contributed by atoms with Crippen molar-refractivity contribution >= 4 is 5.97 Å². The maximum absolute atomic E-state index is 12.9. The minimum Gasteiger partial charge on any atom is -0.496 e. The van der Waals surface area contributed by atoms with Crippen LogP contribution >= 0.6 is 0 Å². The maximum Gasteiger partial charge on any atom is 0.317 e. The molecule has 5 heteroatoms.